The van der Waals surface area contributed by atoms with E-state index in [9.17, 15) is 9.59 Å². The first-order chi connectivity index (χ1) is 9.13. The van der Waals surface area contributed by atoms with E-state index in [1.165, 1.54) is 13.4 Å². The fourth-order valence-electron chi connectivity index (χ4n) is 2.08. The fraction of sp³-hybridized carbons (Fsp3) is 0.167. The molecule has 0 spiro atoms. The summed E-state index contributed by atoms with van der Waals surface area (Å²) in [6, 6.07) is 4.88. The molecule has 0 unspecified atom stereocenters. The molecule has 19 heavy (non-hydrogen) atoms. The second kappa shape index (κ2) is 3.99. The van der Waals surface area contributed by atoms with Gasteiger partial charge in [-0.2, -0.15) is 0 Å². The van der Waals surface area contributed by atoms with Crippen LogP contribution < -0.4 is 0 Å². The van der Waals surface area contributed by atoms with Gasteiger partial charge < -0.3 is 5.11 Å². The number of aliphatic hydroxyl groups excluding tert-OH is 1. The van der Waals surface area contributed by atoms with Crippen molar-refractivity contribution in [3.05, 3.63) is 41.5 Å². The third kappa shape index (κ3) is 1.55. The lowest BCUT2D eigenvalue weighted by molar-refractivity contribution is 0.0693. The zero-order chi connectivity index (χ0) is 13.6. The number of carbonyl (C=O) groups excluding carboxylic acids is 2. The van der Waals surface area contributed by atoms with Gasteiger partial charge in [0.2, 0.25) is 0 Å². The zero-order valence-electron chi connectivity index (χ0n) is 10.1. The van der Waals surface area contributed by atoms with Gasteiger partial charge in [-0.25, -0.2) is 0 Å². The second-order valence-electron chi connectivity index (χ2n) is 4.17. The first-order valence-electron chi connectivity index (χ1n) is 5.60. The molecule has 96 valence electrons. The van der Waals surface area contributed by atoms with Crippen molar-refractivity contribution in [3.8, 4) is 5.69 Å². The SMILES string of the molecule is CN1C(=O)c2ccc(-n3cnnc3CO)cc2C1=O. The third-order valence-corrected chi connectivity index (χ3v) is 3.11. The number of aromatic nitrogens is 3. The third-order valence-electron chi connectivity index (χ3n) is 3.11. The highest BCUT2D eigenvalue weighted by Gasteiger charge is 2.32. The summed E-state index contributed by atoms with van der Waals surface area (Å²) in [5.74, 6) is -0.275. The molecule has 7 nitrogen and oxygen atoms in total. The lowest BCUT2D eigenvalue weighted by atomic mass is 10.1. The Bertz CT molecular complexity index is 692. The van der Waals surface area contributed by atoms with Crippen LogP contribution in [0.1, 0.15) is 26.5 Å². The molecule has 0 aliphatic carbocycles. The Morgan fingerprint density at radius 3 is 2.68 bits per heavy atom. The van der Waals surface area contributed by atoms with Crippen LogP contribution in [-0.4, -0.2) is 43.6 Å². The van der Waals surface area contributed by atoms with E-state index in [-0.39, 0.29) is 18.4 Å². The summed E-state index contributed by atoms with van der Waals surface area (Å²) in [6.45, 7) is -0.260. The maximum absolute atomic E-state index is 11.9. The minimum atomic E-state index is -0.333. The van der Waals surface area contributed by atoms with Crippen molar-refractivity contribution < 1.29 is 14.7 Å². The van der Waals surface area contributed by atoms with E-state index in [1.54, 1.807) is 22.8 Å². The van der Waals surface area contributed by atoms with E-state index in [1.807, 2.05) is 0 Å². The lowest BCUT2D eigenvalue weighted by Crippen LogP contribution is -2.24. The number of nitrogens with zero attached hydrogens (tertiary/aromatic N) is 4. The van der Waals surface area contributed by atoms with Crippen molar-refractivity contribution in [3.63, 3.8) is 0 Å². The van der Waals surface area contributed by atoms with Crippen LogP contribution in [-0.2, 0) is 6.61 Å². The molecule has 1 aromatic heterocycles. The van der Waals surface area contributed by atoms with Crippen LogP contribution in [0.3, 0.4) is 0 Å². The molecular weight excluding hydrogens is 248 g/mol. The molecule has 0 saturated carbocycles. The number of hydrogen-bond donors (Lipinski definition) is 1. The van der Waals surface area contributed by atoms with Gasteiger partial charge in [0.05, 0.1) is 11.1 Å². The summed E-state index contributed by atoms with van der Waals surface area (Å²) in [7, 11) is 1.45. The average molecular weight is 258 g/mol. The quantitative estimate of drug-likeness (QED) is 0.765. The van der Waals surface area contributed by atoms with Gasteiger partial charge in [-0.05, 0) is 18.2 Å². The predicted molar refractivity (Wildman–Crippen MR) is 63.7 cm³/mol. The molecule has 0 atom stereocenters. The van der Waals surface area contributed by atoms with Crippen LogP contribution in [0.4, 0.5) is 0 Å². The molecule has 1 aliphatic heterocycles. The van der Waals surface area contributed by atoms with Crippen molar-refractivity contribution >= 4 is 11.8 Å². The van der Waals surface area contributed by atoms with Gasteiger partial charge in [0.1, 0.15) is 12.9 Å². The van der Waals surface area contributed by atoms with Gasteiger partial charge in [0.25, 0.3) is 11.8 Å². The monoisotopic (exact) mass is 258 g/mol. The number of aliphatic hydroxyl groups is 1. The maximum Gasteiger partial charge on any atom is 0.261 e. The Morgan fingerprint density at radius 2 is 1.95 bits per heavy atom. The molecule has 2 aromatic rings. The molecule has 2 heterocycles. The lowest BCUT2D eigenvalue weighted by Gasteiger charge is -2.05. The Hall–Kier alpha value is -2.54. The minimum absolute atomic E-state index is 0.260. The summed E-state index contributed by atoms with van der Waals surface area (Å²) in [6.07, 6.45) is 1.44. The van der Waals surface area contributed by atoms with Crippen LogP contribution in [0.25, 0.3) is 5.69 Å². The van der Waals surface area contributed by atoms with Crippen LogP contribution in [0.15, 0.2) is 24.5 Å². The zero-order valence-corrected chi connectivity index (χ0v) is 10.1. The number of imide groups is 1. The van der Waals surface area contributed by atoms with Crippen molar-refractivity contribution in [2.45, 2.75) is 6.61 Å². The summed E-state index contributed by atoms with van der Waals surface area (Å²) in [4.78, 5) is 24.7. The van der Waals surface area contributed by atoms with Gasteiger partial charge >= 0.3 is 0 Å². The smallest absolute Gasteiger partial charge is 0.261 e. The Labute approximate surface area is 108 Å². The largest absolute Gasteiger partial charge is 0.388 e. The molecule has 2 amide bonds. The van der Waals surface area contributed by atoms with E-state index < -0.39 is 0 Å². The highest BCUT2D eigenvalue weighted by molar-refractivity contribution is 6.21. The van der Waals surface area contributed by atoms with Gasteiger partial charge in [0.15, 0.2) is 5.82 Å². The highest BCUT2D eigenvalue weighted by atomic mass is 16.3. The highest BCUT2D eigenvalue weighted by Crippen LogP contribution is 2.24. The van der Waals surface area contributed by atoms with Gasteiger partial charge in [0, 0.05) is 12.7 Å². The molecule has 3 rings (SSSR count). The number of rotatable bonds is 2. The second-order valence-corrected chi connectivity index (χ2v) is 4.17. The number of benzene rings is 1. The van der Waals surface area contributed by atoms with E-state index in [2.05, 4.69) is 10.2 Å². The summed E-state index contributed by atoms with van der Waals surface area (Å²) < 4.78 is 1.57. The summed E-state index contributed by atoms with van der Waals surface area (Å²) >= 11 is 0. The molecule has 1 aromatic carbocycles. The van der Waals surface area contributed by atoms with E-state index in [0.717, 1.165) is 4.90 Å². The van der Waals surface area contributed by atoms with Crippen LogP contribution in [0.2, 0.25) is 0 Å². The summed E-state index contributed by atoms with van der Waals surface area (Å²) in [5, 5.41) is 16.6. The first-order valence-corrected chi connectivity index (χ1v) is 5.60. The molecule has 0 bridgehead atoms. The standard InChI is InChI=1S/C12H10N4O3/c1-15-11(18)8-3-2-7(4-9(8)12(15)19)16-6-13-14-10(16)5-17/h2-4,6,17H,5H2,1H3. The molecule has 1 N–H and O–H groups in total. The van der Waals surface area contributed by atoms with E-state index in [4.69, 9.17) is 5.11 Å². The van der Waals surface area contributed by atoms with E-state index in [0.29, 0.717) is 22.6 Å². The topological polar surface area (TPSA) is 88.3 Å². The molecule has 0 saturated heterocycles. The Morgan fingerprint density at radius 1 is 1.21 bits per heavy atom. The van der Waals surface area contributed by atoms with Gasteiger partial charge in [-0.1, -0.05) is 0 Å². The van der Waals surface area contributed by atoms with E-state index >= 15 is 0 Å². The van der Waals surface area contributed by atoms with Crippen LogP contribution in [0.5, 0.6) is 0 Å². The minimum Gasteiger partial charge on any atom is -0.388 e. The number of fused-ring (bicyclic) bond motifs is 1. The Balaban J connectivity index is 2.14. The molecular formula is C12H10N4O3. The fourth-order valence-corrected chi connectivity index (χ4v) is 2.08. The van der Waals surface area contributed by atoms with Crippen molar-refractivity contribution in [2.75, 3.05) is 7.05 Å². The van der Waals surface area contributed by atoms with Gasteiger partial charge in [-0.3, -0.25) is 19.1 Å². The maximum atomic E-state index is 11.9. The normalized spacial score (nSPS) is 14.1. The first kappa shape index (κ1) is 11.5. The number of amides is 2. The average Bonchev–Trinajstić information content (AvgIpc) is 2.99. The number of hydrogen-bond acceptors (Lipinski definition) is 5. The molecule has 0 radical (unpaired) electrons. The van der Waals surface area contributed by atoms with Crippen molar-refractivity contribution in [1.82, 2.24) is 19.7 Å². The van der Waals surface area contributed by atoms with Crippen molar-refractivity contribution in [1.29, 1.82) is 0 Å². The van der Waals surface area contributed by atoms with Crippen LogP contribution >= 0.6 is 0 Å². The summed E-state index contributed by atoms with van der Waals surface area (Å²) in [5.41, 5.74) is 1.36. The van der Waals surface area contributed by atoms with Gasteiger partial charge in [-0.15, -0.1) is 10.2 Å². The molecule has 7 heteroatoms. The molecule has 0 fully saturated rings. The van der Waals surface area contributed by atoms with Crippen LogP contribution in [0, 0.1) is 0 Å². The Kier molecular flexibility index (Phi) is 2.42. The number of carbonyl (C=O) groups is 2. The predicted octanol–water partition coefficient (Wildman–Crippen LogP) is -0.0146. The molecule has 1 aliphatic rings. The van der Waals surface area contributed by atoms with Crippen molar-refractivity contribution in [2.24, 2.45) is 0 Å².